The van der Waals surface area contributed by atoms with Crippen LogP contribution in [0.5, 0.6) is 5.75 Å². The fourth-order valence-electron chi connectivity index (χ4n) is 1.77. The lowest BCUT2D eigenvalue weighted by Crippen LogP contribution is -2.34. The molecule has 0 aliphatic carbocycles. The normalized spacial score (nSPS) is 11.4. The molecule has 0 aliphatic rings. The summed E-state index contributed by atoms with van der Waals surface area (Å²) in [6.07, 6.45) is 1.25. The molecule has 1 aromatic rings. The number of nitrogens with one attached hydrogen (secondary N) is 1. The molecule has 0 spiro atoms. The molecule has 0 saturated heterocycles. The van der Waals surface area contributed by atoms with Gasteiger partial charge in [-0.3, -0.25) is 14.4 Å². The third kappa shape index (κ3) is 6.95. The Labute approximate surface area is 122 Å². The van der Waals surface area contributed by atoms with Crippen LogP contribution in [0.25, 0.3) is 0 Å². The molecule has 0 radical (unpaired) electrons. The highest BCUT2D eigenvalue weighted by atomic mass is 16.5. The second-order valence-electron chi connectivity index (χ2n) is 4.59. The van der Waals surface area contributed by atoms with Crippen molar-refractivity contribution in [3.63, 3.8) is 0 Å². The van der Waals surface area contributed by atoms with Crippen LogP contribution in [0.3, 0.4) is 0 Å². The summed E-state index contributed by atoms with van der Waals surface area (Å²) < 4.78 is 5.55. The SMILES string of the molecule is NC(=O)CCC(COc1cccc(CC(N)=O)c1)NC=O. The maximum atomic E-state index is 10.9. The van der Waals surface area contributed by atoms with Crippen LogP contribution in [0.15, 0.2) is 24.3 Å². The van der Waals surface area contributed by atoms with Gasteiger partial charge in [0.25, 0.3) is 0 Å². The Morgan fingerprint density at radius 2 is 2.05 bits per heavy atom. The molecule has 114 valence electrons. The molecule has 1 rings (SSSR count). The monoisotopic (exact) mass is 293 g/mol. The van der Waals surface area contributed by atoms with E-state index in [9.17, 15) is 14.4 Å². The van der Waals surface area contributed by atoms with Crippen molar-refractivity contribution in [2.75, 3.05) is 6.61 Å². The number of rotatable bonds is 10. The van der Waals surface area contributed by atoms with Gasteiger partial charge in [-0.2, -0.15) is 0 Å². The van der Waals surface area contributed by atoms with Gasteiger partial charge in [0.2, 0.25) is 18.2 Å². The highest BCUT2D eigenvalue weighted by molar-refractivity contribution is 5.76. The standard InChI is InChI=1S/C14H19N3O4/c15-13(19)5-4-11(17-9-18)8-21-12-3-1-2-10(6-12)7-14(16)20/h1-3,6,9,11H,4-5,7-8H2,(H2,15,19)(H2,16,20)(H,17,18). The Hall–Kier alpha value is -2.57. The molecule has 0 fully saturated rings. The molecule has 0 aromatic heterocycles. The van der Waals surface area contributed by atoms with Crippen molar-refractivity contribution in [2.45, 2.75) is 25.3 Å². The number of nitrogens with two attached hydrogens (primary N) is 2. The quantitative estimate of drug-likeness (QED) is 0.502. The third-order valence-corrected chi connectivity index (χ3v) is 2.77. The summed E-state index contributed by atoms with van der Waals surface area (Å²) in [5, 5.41) is 2.57. The van der Waals surface area contributed by atoms with Crippen molar-refractivity contribution in [3.05, 3.63) is 29.8 Å². The summed E-state index contributed by atoms with van der Waals surface area (Å²) in [6.45, 7) is 0.200. The van der Waals surface area contributed by atoms with E-state index in [4.69, 9.17) is 16.2 Å². The van der Waals surface area contributed by atoms with Gasteiger partial charge in [0.1, 0.15) is 12.4 Å². The lowest BCUT2D eigenvalue weighted by Gasteiger charge is -2.16. The van der Waals surface area contributed by atoms with E-state index in [0.29, 0.717) is 18.6 Å². The van der Waals surface area contributed by atoms with Gasteiger partial charge in [-0.1, -0.05) is 12.1 Å². The van der Waals surface area contributed by atoms with Crippen molar-refractivity contribution in [2.24, 2.45) is 11.5 Å². The summed E-state index contributed by atoms with van der Waals surface area (Å²) in [6, 6.07) is 6.65. The van der Waals surface area contributed by atoms with Crippen molar-refractivity contribution in [1.82, 2.24) is 5.32 Å². The van der Waals surface area contributed by atoms with E-state index in [1.165, 1.54) is 0 Å². The molecule has 0 saturated carbocycles. The number of hydrogen-bond donors (Lipinski definition) is 3. The Kier molecular flexibility index (Phi) is 6.73. The maximum absolute atomic E-state index is 10.9. The molecule has 3 amide bonds. The third-order valence-electron chi connectivity index (χ3n) is 2.77. The van der Waals surface area contributed by atoms with E-state index in [1.54, 1.807) is 24.3 Å². The number of amides is 3. The highest BCUT2D eigenvalue weighted by Crippen LogP contribution is 2.14. The molecule has 1 aromatic carbocycles. The number of carbonyl (C=O) groups is 3. The second kappa shape index (κ2) is 8.57. The van der Waals surface area contributed by atoms with Gasteiger partial charge in [0.15, 0.2) is 0 Å². The van der Waals surface area contributed by atoms with E-state index in [1.807, 2.05) is 0 Å². The summed E-state index contributed by atoms with van der Waals surface area (Å²) in [7, 11) is 0. The first kappa shape index (κ1) is 16.5. The summed E-state index contributed by atoms with van der Waals surface area (Å²) in [5.41, 5.74) is 10.9. The number of hydrogen-bond acceptors (Lipinski definition) is 4. The Bertz CT molecular complexity index is 505. The Morgan fingerprint density at radius 1 is 1.29 bits per heavy atom. The average molecular weight is 293 g/mol. The summed E-state index contributed by atoms with van der Waals surface area (Å²) in [4.78, 5) is 32.1. The largest absolute Gasteiger partial charge is 0.491 e. The Morgan fingerprint density at radius 3 is 2.67 bits per heavy atom. The zero-order chi connectivity index (χ0) is 15.7. The van der Waals surface area contributed by atoms with Crippen molar-refractivity contribution in [3.8, 4) is 5.75 Å². The molecule has 7 nitrogen and oxygen atoms in total. The van der Waals surface area contributed by atoms with Gasteiger partial charge in [-0.05, 0) is 24.1 Å². The lowest BCUT2D eigenvalue weighted by molar-refractivity contribution is -0.119. The summed E-state index contributed by atoms with van der Waals surface area (Å²) >= 11 is 0. The predicted octanol–water partition coefficient (Wildman–Crippen LogP) is -0.527. The van der Waals surface area contributed by atoms with E-state index in [2.05, 4.69) is 5.32 Å². The van der Waals surface area contributed by atoms with Crippen LogP contribution >= 0.6 is 0 Å². The fourth-order valence-corrected chi connectivity index (χ4v) is 1.77. The van der Waals surface area contributed by atoms with Crippen LogP contribution in [-0.4, -0.2) is 30.9 Å². The van der Waals surface area contributed by atoms with Crippen molar-refractivity contribution >= 4 is 18.2 Å². The minimum absolute atomic E-state index is 0.134. The predicted molar refractivity (Wildman–Crippen MR) is 76.3 cm³/mol. The van der Waals surface area contributed by atoms with Crippen LogP contribution in [0.4, 0.5) is 0 Å². The number of carbonyl (C=O) groups excluding carboxylic acids is 3. The van der Waals surface area contributed by atoms with Gasteiger partial charge >= 0.3 is 0 Å². The van der Waals surface area contributed by atoms with Crippen LogP contribution in [0, 0.1) is 0 Å². The second-order valence-corrected chi connectivity index (χ2v) is 4.59. The number of primary amides is 2. The molecule has 0 bridgehead atoms. The van der Waals surface area contributed by atoms with Gasteiger partial charge in [-0.25, -0.2) is 0 Å². The fraction of sp³-hybridized carbons (Fsp3) is 0.357. The lowest BCUT2D eigenvalue weighted by atomic mass is 10.1. The van der Waals surface area contributed by atoms with E-state index in [-0.39, 0.29) is 25.5 Å². The van der Waals surface area contributed by atoms with E-state index in [0.717, 1.165) is 5.56 Å². The first-order valence-corrected chi connectivity index (χ1v) is 6.49. The topological polar surface area (TPSA) is 125 Å². The zero-order valence-electron chi connectivity index (χ0n) is 11.6. The van der Waals surface area contributed by atoms with Crippen molar-refractivity contribution in [1.29, 1.82) is 0 Å². The molecule has 21 heavy (non-hydrogen) atoms. The molecular formula is C14H19N3O4. The van der Waals surface area contributed by atoms with Crippen molar-refractivity contribution < 1.29 is 19.1 Å². The zero-order valence-corrected chi connectivity index (χ0v) is 11.6. The van der Waals surface area contributed by atoms with Crippen LogP contribution < -0.4 is 21.5 Å². The van der Waals surface area contributed by atoms with Crippen LogP contribution in [0.2, 0.25) is 0 Å². The molecular weight excluding hydrogens is 274 g/mol. The molecule has 7 heteroatoms. The molecule has 0 heterocycles. The first-order valence-electron chi connectivity index (χ1n) is 6.49. The smallest absolute Gasteiger partial charge is 0.221 e. The average Bonchev–Trinajstić information content (AvgIpc) is 2.41. The van der Waals surface area contributed by atoms with Crippen LogP contribution in [-0.2, 0) is 20.8 Å². The first-order chi connectivity index (χ1) is 10.0. The molecule has 1 unspecified atom stereocenters. The van der Waals surface area contributed by atoms with Gasteiger partial charge in [0, 0.05) is 6.42 Å². The van der Waals surface area contributed by atoms with Gasteiger partial charge in [-0.15, -0.1) is 0 Å². The van der Waals surface area contributed by atoms with Gasteiger partial charge < -0.3 is 21.5 Å². The minimum atomic E-state index is -0.434. The Balaban J connectivity index is 2.56. The van der Waals surface area contributed by atoms with E-state index >= 15 is 0 Å². The molecule has 0 aliphatic heterocycles. The highest BCUT2D eigenvalue weighted by Gasteiger charge is 2.10. The maximum Gasteiger partial charge on any atom is 0.221 e. The molecule has 5 N–H and O–H groups in total. The summed E-state index contributed by atoms with van der Waals surface area (Å²) in [5.74, 6) is -0.296. The van der Waals surface area contributed by atoms with Gasteiger partial charge in [0.05, 0.1) is 12.5 Å². The number of ether oxygens (including phenoxy) is 1. The number of benzene rings is 1. The molecule has 1 atom stereocenters. The minimum Gasteiger partial charge on any atom is -0.491 e. The van der Waals surface area contributed by atoms with Crippen LogP contribution in [0.1, 0.15) is 18.4 Å². The van der Waals surface area contributed by atoms with E-state index < -0.39 is 11.8 Å².